The van der Waals surface area contributed by atoms with E-state index in [9.17, 15) is 4.79 Å². The van der Waals surface area contributed by atoms with Crippen LogP contribution in [0.2, 0.25) is 5.02 Å². The Kier molecular flexibility index (Phi) is 6.50. The number of amides is 1. The van der Waals surface area contributed by atoms with Crippen LogP contribution in [0.15, 0.2) is 42.5 Å². The van der Waals surface area contributed by atoms with Crippen molar-refractivity contribution in [3.63, 3.8) is 0 Å². The number of hydrogen-bond acceptors (Lipinski definition) is 3. The number of carbonyl (C=O) groups excluding carboxylic acids is 1. The second-order valence-electron chi connectivity index (χ2n) is 5.58. The van der Waals surface area contributed by atoms with Crippen LogP contribution in [0.25, 0.3) is 0 Å². The molecule has 2 aromatic rings. The smallest absolute Gasteiger partial charge is 0.260 e. The first-order valence-corrected chi connectivity index (χ1v) is 8.24. The van der Waals surface area contributed by atoms with E-state index in [1.165, 1.54) is 0 Å². The largest absolute Gasteiger partial charge is 0.492 e. The summed E-state index contributed by atoms with van der Waals surface area (Å²) in [4.78, 5) is 12.1. The van der Waals surface area contributed by atoms with E-state index >= 15 is 0 Å². The molecule has 0 fully saturated rings. The van der Waals surface area contributed by atoms with Crippen molar-refractivity contribution in [2.75, 3.05) is 13.2 Å². The zero-order valence-corrected chi connectivity index (χ0v) is 14.9. The number of ether oxygens (including phenoxy) is 2. The summed E-state index contributed by atoms with van der Waals surface area (Å²) in [5.74, 6) is 1.23. The molecule has 0 radical (unpaired) electrons. The van der Waals surface area contributed by atoms with E-state index in [2.05, 4.69) is 5.32 Å². The van der Waals surface area contributed by atoms with Gasteiger partial charge in [-0.25, -0.2) is 0 Å². The topological polar surface area (TPSA) is 47.6 Å². The van der Waals surface area contributed by atoms with Crippen LogP contribution in [0.5, 0.6) is 11.5 Å². The van der Waals surface area contributed by atoms with Crippen molar-refractivity contribution in [2.24, 2.45) is 0 Å². The fourth-order valence-electron chi connectivity index (χ4n) is 2.24. The molecule has 2 aromatic carbocycles. The van der Waals surface area contributed by atoms with Gasteiger partial charge in [-0.1, -0.05) is 29.8 Å². The molecule has 0 saturated carbocycles. The van der Waals surface area contributed by atoms with Crippen LogP contribution in [0.1, 0.15) is 18.1 Å². The molecular weight excluding hydrogens is 326 g/mol. The summed E-state index contributed by atoms with van der Waals surface area (Å²) in [6.07, 6.45) is -0.596. The van der Waals surface area contributed by atoms with Gasteiger partial charge in [0.1, 0.15) is 18.1 Å². The lowest BCUT2D eigenvalue weighted by atomic mass is 10.1. The summed E-state index contributed by atoms with van der Waals surface area (Å²) in [5, 5.41) is 3.52. The van der Waals surface area contributed by atoms with Crippen LogP contribution in [-0.2, 0) is 4.79 Å². The van der Waals surface area contributed by atoms with Crippen molar-refractivity contribution >= 4 is 17.5 Å². The van der Waals surface area contributed by atoms with Crippen LogP contribution in [0.3, 0.4) is 0 Å². The molecule has 5 heteroatoms. The minimum atomic E-state index is -0.596. The van der Waals surface area contributed by atoms with Gasteiger partial charge in [-0.3, -0.25) is 4.79 Å². The van der Waals surface area contributed by atoms with Crippen LogP contribution < -0.4 is 14.8 Å². The maximum atomic E-state index is 12.1. The minimum Gasteiger partial charge on any atom is -0.492 e. The van der Waals surface area contributed by atoms with E-state index < -0.39 is 6.10 Å². The molecular formula is C19H22ClNO3. The summed E-state index contributed by atoms with van der Waals surface area (Å²) in [5.41, 5.74) is 1.85. The van der Waals surface area contributed by atoms with Crippen molar-refractivity contribution < 1.29 is 14.3 Å². The second kappa shape index (κ2) is 8.60. The molecule has 1 N–H and O–H groups in total. The van der Waals surface area contributed by atoms with E-state index in [-0.39, 0.29) is 5.91 Å². The first kappa shape index (κ1) is 18.1. The van der Waals surface area contributed by atoms with Crippen molar-refractivity contribution in [1.82, 2.24) is 5.32 Å². The van der Waals surface area contributed by atoms with Crippen LogP contribution in [0.4, 0.5) is 0 Å². The lowest BCUT2D eigenvalue weighted by molar-refractivity contribution is -0.127. The van der Waals surface area contributed by atoms with Crippen molar-refractivity contribution in [2.45, 2.75) is 26.9 Å². The predicted molar refractivity (Wildman–Crippen MR) is 96.0 cm³/mol. The maximum Gasteiger partial charge on any atom is 0.260 e. The molecule has 0 bridgehead atoms. The van der Waals surface area contributed by atoms with E-state index in [0.29, 0.717) is 18.9 Å². The first-order valence-electron chi connectivity index (χ1n) is 7.86. The SMILES string of the molecule is Cc1cc(O[C@H](C)C(=O)NCCOc2ccccc2)cc(C)c1Cl. The van der Waals surface area contributed by atoms with Crippen LogP contribution >= 0.6 is 11.6 Å². The highest BCUT2D eigenvalue weighted by molar-refractivity contribution is 6.32. The van der Waals surface area contributed by atoms with E-state index in [4.69, 9.17) is 21.1 Å². The van der Waals surface area contributed by atoms with E-state index in [1.807, 2.05) is 56.3 Å². The van der Waals surface area contributed by atoms with Gasteiger partial charge in [0.15, 0.2) is 6.10 Å². The first-order chi connectivity index (χ1) is 11.5. The van der Waals surface area contributed by atoms with Gasteiger partial charge in [-0.2, -0.15) is 0 Å². The molecule has 0 aliphatic heterocycles. The number of hydrogen-bond donors (Lipinski definition) is 1. The van der Waals surface area contributed by atoms with Crippen molar-refractivity contribution in [1.29, 1.82) is 0 Å². The van der Waals surface area contributed by atoms with Crippen molar-refractivity contribution in [3.05, 3.63) is 58.6 Å². The zero-order valence-electron chi connectivity index (χ0n) is 14.1. The summed E-state index contributed by atoms with van der Waals surface area (Å²) in [6, 6.07) is 13.1. The third kappa shape index (κ3) is 5.17. The summed E-state index contributed by atoms with van der Waals surface area (Å²) in [6.45, 7) is 6.36. The Hall–Kier alpha value is -2.20. The zero-order chi connectivity index (χ0) is 17.5. The number of para-hydroxylation sites is 1. The highest BCUT2D eigenvalue weighted by atomic mass is 35.5. The normalized spacial score (nSPS) is 11.7. The number of nitrogens with one attached hydrogen (secondary N) is 1. The average molecular weight is 348 g/mol. The number of carbonyl (C=O) groups is 1. The quantitative estimate of drug-likeness (QED) is 0.772. The van der Waals surface area contributed by atoms with E-state index in [1.54, 1.807) is 6.92 Å². The second-order valence-corrected chi connectivity index (χ2v) is 5.96. The molecule has 1 amide bonds. The van der Waals surface area contributed by atoms with Gasteiger partial charge in [0.2, 0.25) is 0 Å². The Balaban J connectivity index is 1.78. The molecule has 0 aromatic heterocycles. The third-order valence-corrected chi connectivity index (χ3v) is 4.10. The van der Waals surface area contributed by atoms with Crippen LogP contribution in [-0.4, -0.2) is 25.2 Å². The van der Waals surface area contributed by atoms with Crippen LogP contribution in [0, 0.1) is 13.8 Å². The van der Waals surface area contributed by atoms with Crippen molar-refractivity contribution in [3.8, 4) is 11.5 Å². The molecule has 0 aliphatic rings. The molecule has 2 rings (SSSR count). The molecule has 128 valence electrons. The molecule has 0 unspecified atom stereocenters. The third-order valence-electron chi connectivity index (χ3n) is 3.51. The molecule has 24 heavy (non-hydrogen) atoms. The summed E-state index contributed by atoms with van der Waals surface area (Å²) in [7, 11) is 0. The number of aryl methyl sites for hydroxylation is 2. The van der Waals surface area contributed by atoms with Gasteiger partial charge in [-0.05, 0) is 56.2 Å². The Bertz CT molecular complexity index is 665. The molecule has 0 saturated heterocycles. The maximum absolute atomic E-state index is 12.1. The van der Waals surface area contributed by atoms with Gasteiger partial charge >= 0.3 is 0 Å². The molecule has 1 atom stereocenters. The molecule has 4 nitrogen and oxygen atoms in total. The van der Waals surface area contributed by atoms with E-state index in [0.717, 1.165) is 21.9 Å². The fourth-order valence-corrected chi connectivity index (χ4v) is 2.34. The lowest BCUT2D eigenvalue weighted by Crippen LogP contribution is -2.38. The highest BCUT2D eigenvalue weighted by Gasteiger charge is 2.15. The number of halogens is 1. The minimum absolute atomic E-state index is 0.183. The summed E-state index contributed by atoms with van der Waals surface area (Å²) < 4.78 is 11.2. The fraction of sp³-hybridized carbons (Fsp3) is 0.316. The molecule has 0 spiro atoms. The number of rotatable bonds is 7. The Morgan fingerprint density at radius 2 is 1.75 bits per heavy atom. The molecule has 0 heterocycles. The van der Waals surface area contributed by atoms with Gasteiger partial charge in [0.05, 0.1) is 6.54 Å². The Morgan fingerprint density at radius 3 is 2.38 bits per heavy atom. The van der Waals surface area contributed by atoms with Gasteiger partial charge in [-0.15, -0.1) is 0 Å². The highest BCUT2D eigenvalue weighted by Crippen LogP contribution is 2.26. The number of benzene rings is 2. The molecule has 0 aliphatic carbocycles. The van der Waals surface area contributed by atoms with Gasteiger partial charge < -0.3 is 14.8 Å². The monoisotopic (exact) mass is 347 g/mol. The lowest BCUT2D eigenvalue weighted by Gasteiger charge is -2.16. The average Bonchev–Trinajstić information content (AvgIpc) is 2.57. The predicted octanol–water partition coefficient (Wildman–Crippen LogP) is 3.92. The Morgan fingerprint density at radius 1 is 1.12 bits per heavy atom. The standard InChI is InChI=1S/C19H22ClNO3/c1-13-11-17(12-14(2)18(13)20)24-15(3)19(22)21-9-10-23-16-7-5-4-6-8-16/h4-8,11-12,15H,9-10H2,1-3H3,(H,21,22)/t15-/m1/s1. The van der Waals surface area contributed by atoms with Gasteiger partial charge in [0, 0.05) is 5.02 Å². The summed E-state index contributed by atoms with van der Waals surface area (Å²) >= 11 is 6.14. The Labute approximate surface area is 147 Å². The van der Waals surface area contributed by atoms with Gasteiger partial charge in [0.25, 0.3) is 5.91 Å².